The molecule has 0 saturated heterocycles. The summed E-state index contributed by atoms with van der Waals surface area (Å²) in [6, 6.07) is 3.01. The Labute approximate surface area is 96.5 Å². The third-order valence-corrected chi connectivity index (χ3v) is 2.15. The van der Waals surface area contributed by atoms with Crippen molar-refractivity contribution < 1.29 is 23.5 Å². The molecule has 0 heterocycles. The van der Waals surface area contributed by atoms with Crippen LogP contribution in [0.15, 0.2) is 18.2 Å². The van der Waals surface area contributed by atoms with Crippen LogP contribution in [0.3, 0.4) is 0 Å². The van der Waals surface area contributed by atoms with E-state index in [1.54, 1.807) is 0 Å². The van der Waals surface area contributed by atoms with E-state index < -0.39 is 29.9 Å². The van der Waals surface area contributed by atoms with Gasteiger partial charge in [-0.25, -0.2) is 8.78 Å². The molecule has 0 saturated carbocycles. The number of amides is 1. The van der Waals surface area contributed by atoms with Gasteiger partial charge < -0.3 is 10.0 Å². The van der Waals surface area contributed by atoms with E-state index in [4.69, 9.17) is 5.11 Å². The molecule has 0 spiro atoms. The second-order valence-corrected chi connectivity index (χ2v) is 3.56. The van der Waals surface area contributed by atoms with Crippen molar-refractivity contribution in [3.05, 3.63) is 35.4 Å². The maximum absolute atomic E-state index is 13.2. The summed E-state index contributed by atoms with van der Waals surface area (Å²) >= 11 is 0. The summed E-state index contributed by atoms with van der Waals surface area (Å²) in [5.74, 6) is -3.35. The Kier molecular flexibility index (Phi) is 4.14. The largest absolute Gasteiger partial charge is 0.481 e. The van der Waals surface area contributed by atoms with Crippen LogP contribution in [0.5, 0.6) is 0 Å². The maximum atomic E-state index is 13.2. The summed E-state index contributed by atoms with van der Waals surface area (Å²) in [5, 5.41) is 8.42. The fourth-order valence-electron chi connectivity index (χ4n) is 1.26. The normalized spacial score (nSPS) is 10.1. The number of nitrogens with zero attached hydrogens (tertiary/aromatic N) is 1. The van der Waals surface area contributed by atoms with Gasteiger partial charge in [0.15, 0.2) is 0 Å². The predicted molar refractivity (Wildman–Crippen MR) is 55.1 cm³/mol. The number of carbonyl (C=O) groups is 2. The fourth-order valence-corrected chi connectivity index (χ4v) is 1.26. The van der Waals surface area contributed by atoms with Gasteiger partial charge in [-0.1, -0.05) is 6.07 Å². The van der Waals surface area contributed by atoms with E-state index in [1.165, 1.54) is 13.1 Å². The number of halogens is 2. The van der Waals surface area contributed by atoms with Crippen LogP contribution in [-0.2, 0) is 16.1 Å². The van der Waals surface area contributed by atoms with Gasteiger partial charge in [0.2, 0.25) is 5.91 Å². The number of carbonyl (C=O) groups excluding carboxylic acids is 1. The van der Waals surface area contributed by atoms with Crippen LogP contribution in [0.4, 0.5) is 8.78 Å². The molecule has 1 aromatic rings. The van der Waals surface area contributed by atoms with Crippen molar-refractivity contribution in [2.24, 2.45) is 0 Å². The third kappa shape index (κ3) is 3.82. The van der Waals surface area contributed by atoms with E-state index in [-0.39, 0.29) is 12.1 Å². The van der Waals surface area contributed by atoms with Gasteiger partial charge in [0.1, 0.15) is 18.1 Å². The highest BCUT2D eigenvalue weighted by Crippen LogP contribution is 2.11. The van der Waals surface area contributed by atoms with E-state index in [2.05, 4.69) is 0 Å². The molecule has 0 aliphatic rings. The van der Waals surface area contributed by atoms with Crippen LogP contribution in [0.1, 0.15) is 12.0 Å². The van der Waals surface area contributed by atoms with Crippen LogP contribution in [-0.4, -0.2) is 28.9 Å². The van der Waals surface area contributed by atoms with E-state index in [0.29, 0.717) is 6.07 Å². The van der Waals surface area contributed by atoms with E-state index in [9.17, 15) is 18.4 Å². The van der Waals surface area contributed by atoms with Crippen molar-refractivity contribution in [1.82, 2.24) is 4.90 Å². The van der Waals surface area contributed by atoms with Gasteiger partial charge in [-0.05, 0) is 6.07 Å². The molecule has 0 fully saturated rings. The molecule has 1 N–H and O–H groups in total. The Hall–Kier alpha value is -1.98. The molecule has 1 aromatic carbocycles. The molecule has 0 atom stereocenters. The highest BCUT2D eigenvalue weighted by atomic mass is 19.1. The number of rotatable bonds is 4. The average Bonchev–Trinajstić information content (AvgIpc) is 2.21. The molecule has 6 heteroatoms. The summed E-state index contributed by atoms with van der Waals surface area (Å²) in [7, 11) is 1.36. The first-order valence-electron chi connectivity index (χ1n) is 4.80. The number of carboxylic acid groups (broad SMARTS) is 1. The average molecular weight is 243 g/mol. The molecule has 0 aliphatic carbocycles. The zero-order valence-electron chi connectivity index (χ0n) is 9.11. The van der Waals surface area contributed by atoms with Crippen LogP contribution < -0.4 is 0 Å². The molecule has 4 nitrogen and oxygen atoms in total. The van der Waals surface area contributed by atoms with Gasteiger partial charge in [0, 0.05) is 25.2 Å². The predicted octanol–water partition coefficient (Wildman–Crippen LogP) is 1.40. The number of aliphatic carboxylic acids is 1. The molecule has 0 radical (unpaired) electrons. The molecule has 0 unspecified atom stereocenters. The first-order chi connectivity index (χ1) is 7.90. The second kappa shape index (κ2) is 5.38. The fraction of sp³-hybridized carbons (Fsp3) is 0.273. The van der Waals surface area contributed by atoms with Gasteiger partial charge in [-0.15, -0.1) is 0 Å². The van der Waals surface area contributed by atoms with Gasteiger partial charge in [-0.3, -0.25) is 9.59 Å². The monoisotopic (exact) mass is 243 g/mol. The maximum Gasteiger partial charge on any atom is 0.312 e. The highest BCUT2D eigenvalue weighted by Gasteiger charge is 2.14. The van der Waals surface area contributed by atoms with Crippen LogP contribution in [0.2, 0.25) is 0 Å². The first-order valence-corrected chi connectivity index (χ1v) is 4.80. The summed E-state index contributed by atoms with van der Waals surface area (Å²) in [6.07, 6.45) is -0.653. The Morgan fingerprint density at radius 1 is 1.35 bits per heavy atom. The lowest BCUT2D eigenvalue weighted by molar-refractivity contribution is -0.143. The van der Waals surface area contributed by atoms with Crippen molar-refractivity contribution in [3.63, 3.8) is 0 Å². The van der Waals surface area contributed by atoms with Crippen LogP contribution >= 0.6 is 0 Å². The van der Waals surface area contributed by atoms with E-state index in [1.807, 2.05) is 0 Å². The van der Waals surface area contributed by atoms with E-state index in [0.717, 1.165) is 11.0 Å². The highest BCUT2D eigenvalue weighted by molar-refractivity contribution is 5.93. The number of hydrogen-bond donors (Lipinski definition) is 1. The minimum absolute atomic E-state index is 0.0990. The molecule has 92 valence electrons. The SMILES string of the molecule is CN(Cc1ccc(F)cc1F)C(=O)CC(=O)O. The molecule has 1 amide bonds. The zero-order valence-corrected chi connectivity index (χ0v) is 9.11. The summed E-state index contributed by atoms with van der Waals surface area (Å²) in [4.78, 5) is 22.7. The Morgan fingerprint density at radius 3 is 2.53 bits per heavy atom. The second-order valence-electron chi connectivity index (χ2n) is 3.56. The Bertz CT molecular complexity index is 448. The minimum Gasteiger partial charge on any atom is -0.481 e. The zero-order chi connectivity index (χ0) is 13.0. The molecule has 0 bridgehead atoms. The summed E-state index contributed by atoms with van der Waals surface area (Å²) < 4.78 is 25.9. The molecule has 0 aromatic heterocycles. The number of hydrogen-bond acceptors (Lipinski definition) is 2. The van der Waals surface area contributed by atoms with Crippen molar-refractivity contribution in [2.45, 2.75) is 13.0 Å². The summed E-state index contributed by atoms with van der Waals surface area (Å²) in [6.45, 7) is -0.0990. The number of carboxylic acids is 1. The van der Waals surface area contributed by atoms with Crippen molar-refractivity contribution in [2.75, 3.05) is 7.05 Å². The van der Waals surface area contributed by atoms with Crippen LogP contribution in [0.25, 0.3) is 0 Å². The van der Waals surface area contributed by atoms with Gasteiger partial charge in [0.05, 0.1) is 0 Å². The molecule has 1 rings (SSSR count). The minimum atomic E-state index is -1.25. The third-order valence-electron chi connectivity index (χ3n) is 2.15. The lowest BCUT2D eigenvalue weighted by Gasteiger charge is -2.16. The van der Waals surface area contributed by atoms with Crippen molar-refractivity contribution >= 4 is 11.9 Å². The molecular formula is C11H11F2NO3. The smallest absolute Gasteiger partial charge is 0.312 e. The molecule has 17 heavy (non-hydrogen) atoms. The standard InChI is InChI=1S/C11H11F2NO3/c1-14(10(15)5-11(16)17)6-7-2-3-8(12)4-9(7)13/h2-4H,5-6H2,1H3,(H,16,17). The van der Waals surface area contributed by atoms with Gasteiger partial charge in [-0.2, -0.15) is 0 Å². The molecular weight excluding hydrogens is 232 g/mol. The Balaban J connectivity index is 2.70. The lowest BCUT2D eigenvalue weighted by Crippen LogP contribution is -2.28. The summed E-state index contributed by atoms with van der Waals surface area (Å²) in [5.41, 5.74) is 0.132. The topological polar surface area (TPSA) is 57.6 Å². The van der Waals surface area contributed by atoms with Crippen molar-refractivity contribution in [1.29, 1.82) is 0 Å². The van der Waals surface area contributed by atoms with Gasteiger partial charge >= 0.3 is 5.97 Å². The lowest BCUT2D eigenvalue weighted by atomic mass is 10.2. The van der Waals surface area contributed by atoms with Gasteiger partial charge in [0.25, 0.3) is 0 Å². The number of benzene rings is 1. The van der Waals surface area contributed by atoms with Crippen LogP contribution in [0, 0.1) is 11.6 Å². The first kappa shape index (κ1) is 13.1. The van der Waals surface area contributed by atoms with Crippen molar-refractivity contribution in [3.8, 4) is 0 Å². The molecule has 0 aliphatic heterocycles. The quantitative estimate of drug-likeness (QED) is 0.813. The Morgan fingerprint density at radius 2 is 2.00 bits per heavy atom. The van der Waals surface area contributed by atoms with E-state index >= 15 is 0 Å².